The van der Waals surface area contributed by atoms with Crippen LogP contribution in [0.1, 0.15) is 41.4 Å². The van der Waals surface area contributed by atoms with Crippen LogP contribution < -0.4 is 10.1 Å². The van der Waals surface area contributed by atoms with E-state index in [4.69, 9.17) is 16.3 Å². The second kappa shape index (κ2) is 5.76. The number of benzene rings is 1. The lowest BCUT2D eigenvalue weighted by molar-refractivity contribution is 0.414. The van der Waals surface area contributed by atoms with Crippen LogP contribution in [0, 0.1) is 0 Å². The van der Waals surface area contributed by atoms with E-state index >= 15 is 0 Å². The van der Waals surface area contributed by atoms with Gasteiger partial charge in [-0.15, -0.1) is 11.3 Å². The van der Waals surface area contributed by atoms with Crippen molar-refractivity contribution in [2.45, 2.75) is 31.8 Å². The molecule has 2 unspecified atom stereocenters. The summed E-state index contributed by atoms with van der Waals surface area (Å²) in [7, 11) is 1.69. The van der Waals surface area contributed by atoms with Crippen LogP contribution in [0.3, 0.4) is 0 Å². The van der Waals surface area contributed by atoms with Crippen molar-refractivity contribution in [1.82, 2.24) is 5.32 Å². The fourth-order valence-corrected chi connectivity index (χ4v) is 4.15. The Morgan fingerprint density at radius 2 is 2.10 bits per heavy atom. The maximum absolute atomic E-state index is 6.11. The van der Waals surface area contributed by atoms with Crippen molar-refractivity contribution in [1.29, 1.82) is 0 Å². The van der Waals surface area contributed by atoms with Gasteiger partial charge in [-0.05, 0) is 49.1 Å². The summed E-state index contributed by atoms with van der Waals surface area (Å²) in [5.41, 5.74) is 2.67. The molecule has 1 aromatic heterocycles. The summed E-state index contributed by atoms with van der Waals surface area (Å²) in [6.45, 7) is 2.20. The molecule has 20 heavy (non-hydrogen) atoms. The van der Waals surface area contributed by atoms with Crippen molar-refractivity contribution < 1.29 is 4.74 Å². The van der Waals surface area contributed by atoms with Gasteiger partial charge in [-0.1, -0.05) is 23.7 Å². The van der Waals surface area contributed by atoms with Crippen LogP contribution in [-0.4, -0.2) is 7.11 Å². The van der Waals surface area contributed by atoms with Crippen LogP contribution in [-0.2, 0) is 6.42 Å². The van der Waals surface area contributed by atoms with Gasteiger partial charge in [-0.3, -0.25) is 0 Å². The Labute approximate surface area is 128 Å². The molecule has 0 radical (unpaired) electrons. The largest absolute Gasteiger partial charge is 0.497 e. The molecule has 1 aliphatic rings. The monoisotopic (exact) mass is 307 g/mol. The topological polar surface area (TPSA) is 21.3 Å². The third-order valence-corrected chi connectivity index (χ3v) is 5.25. The summed E-state index contributed by atoms with van der Waals surface area (Å²) in [6.07, 6.45) is 2.30. The van der Waals surface area contributed by atoms with Crippen LogP contribution in [0.15, 0.2) is 30.3 Å². The highest BCUT2D eigenvalue weighted by atomic mass is 35.5. The van der Waals surface area contributed by atoms with Crippen molar-refractivity contribution in [3.8, 4) is 5.75 Å². The first-order valence-corrected chi connectivity index (χ1v) is 8.05. The molecule has 0 bridgehead atoms. The molecule has 1 N–H and O–H groups in total. The number of hydrogen-bond acceptors (Lipinski definition) is 3. The van der Waals surface area contributed by atoms with E-state index in [1.165, 1.54) is 22.4 Å². The molecular formula is C16H18ClNOS. The summed E-state index contributed by atoms with van der Waals surface area (Å²) >= 11 is 7.82. The molecule has 3 rings (SSSR count). The summed E-state index contributed by atoms with van der Waals surface area (Å²) < 4.78 is 6.10. The number of nitrogens with one attached hydrogen (secondary N) is 1. The fraction of sp³-hybridized carbons (Fsp3) is 0.375. The van der Waals surface area contributed by atoms with E-state index in [9.17, 15) is 0 Å². The number of ether oxygens (including phenoxy) is 1. The van der Waals surface area contributed by atoms with Crippen LogP contribution >= 0.6 is 22.9 Å². The Kier molecular flexibility index (Phi) is 4.01. The highest BCUT2D eigenvalue weighted by Crippen LogP contribution is 2.40. The number of rotatable bonds is 4. The van der Waals surface area contributed by atoms with Crippen molar-refractivity contribution in [2.75, 3.05) is 7.11 Å². The van der Waals surface area contributed by atoms with E-state index in [0.717, 1.165) is 16.5 Å². The lowest BCUT2D eigenvalue weighted by atomic mass is 10.1. The van der Waals surface area contributed by atoms with Gasteiger partial charge >= 0.3 is 0 Å². The number of thiophene rings is 1. The highest BCUT2D eigenvalue weighted by Gasteiger charge is 2.26. The van der Waals surface area contributed by atoms with Crippen molar-refractivity contribution >= 4 is 22.9 Å². The van der Waals surface area contributed by atoms with E-state index in [0.29, 0.717) is 12.1 Å². The van der Waals surface area contributed by atoms with E-state index in [1.54, 1.807) is 18.4 Å². The minimum absolute atomic E-state index is 0.315. The van der Waals surface area contributed by atoms with Crippen molar-refractivity contribution in [3.05, 3.63) is 50.7 Å². The molecule has 0 spiro atoms. The molecule has 4 heteroatoms. The molecular weight excluding hydrogens is 290 g/mol. The van der Waals surface area contributed by atoms with Gasteiger partial charge in [0.05, 0.1) is 11.4 Å². The van der Waals surface area contributed by atoms with Gasteiger partial charge in [0.25, 0.3) is 0 Å². The summed E-state index contributed by atoms with van der Waals surface area (Å²) in [6, 6.07) is 11.1. The van der Waals surface area contributed by atoms with Crippen LogP contribution in [0.4, 0.5) is 0 Å². The number of halogens is 1. The van der Waals surface area contributed by atoms with Crippen LogP contribution in [0.5, 0.6) is 5.75 Å². The van der Waals surface area contributed by atoms with Gasteiger partial charge in [0.15, 0.2) is 0 Å². The van der Waals surface area contributed by atoms with Gasteiger partial charge in [-0.2, -0.15) is 0 Å². The predicted molar refractivity (Wildman–Crippen MR) is 84.9 cm³/mol. The smallest absolute Gasteiger partial charge is 0.118 e. The minimum atomic E-state index is 0.315. The van der Waals surface area contributed by atoms with E-state index < -0.39 is 0 Å². The van der Waals surface area contributed by atoms with Gasteiger partial charge in [0, 0.05) is 17.0 Å². The van der Waals surface area contributed by atoms with E-state index in [1.807, 2.05) is 12.1 Å². The number of aryl methyl sites for hydroxylation is 1. The first-order valence-electron chi connectivity index (χ1n) is 6.85. The van der Waals surface area contributed by atoms with Gasteiger partial charge in [0.2, 0.25) is 0 Å². The highest BCUT2D eigenvalue weighted by molar-refractivity contribution is 7.16. The molecule has 1 aliphatic carbocycles. The zero-order chi connectivity index (χ0) is 14.1. The molecule has 0 saturated carbocycles. The molecule has 2 aromatic rings. The molecule has 2 nitrogen and oxygen atoms in total. The third kappa shape index (κ3) is 2.71. The van der Waals surface area contributed by atoms with Crippen LogP contribution in [0.2, 0.25) is 4.34 Å². The average molecular weight is 308 g/mol. The van der Waals surface area contributed by atoms with Crippen LogP contribution in [0.25, 0.3) is 0 Å². The lowest BCUT2D eigenvalue weighted by Crippen LogP contribution is -2.22. The average Bonchev–Trinajstić information content (AvgIpc) is 2.99. The third-order valence-electron chi connectivity index (χ3n) is 3.91. The standard InChI is InChI=1S/C16H18ClNOS/c1-10(11-3-5-12(19-2)6-4-11)18-14-7-8-15-13(14)9-16(17)20-15/h3-6,9-10,14,18H,7-8H2,1-2H3. The SMILES string of the molecule is COc1ccc(C(C)NC2CCc3sc(Cl)cc32)cc1. The molecule has 0 amide bonds. The Morgan fingerprint density at radius 1 is 1.35 bits per heavy atom. The maximum atomic E-state index is 6.11. The van der Waals surface area contributed by atoms with Crippen molar-refractivity contribution in [3.63, 3.8) is 0 Å². The summed E-state index contributed by atoms with van der Waals surface area (Å²) in [4.78, 5) is 1.44. The first-order chi connectivity index (χ1) is 9.67. The zero-order valence-electron chi connectivity index (χ0n) is 11.7. The fourth-order valence-electron chi connectivity index (χ4n) is 2.79. The Hall–Kier alpha value is -1.03. The van der Waals surface area contributed by atoms with Gasteiger partial charge < -0.3 is 10.1 Å². The summed E-state index contributed by atoms with van der Waals surface area (Å²) in [5.74, 6) is 0.897. The Bertz CT molecular complexity index is 593. The molecule has 106 valence electrons. The minimum Gasteiger partial charge on any atom is -0.497 e. The summed E-state index contributed by atoms with van der Waals surface area (Å²) in [5, 5.41) is 3.71. The lowest BCUT2D eigenvalue weighted by Gasteiger charge is -2.20. The zero-order valence-corrected chi connectivity index (χ0v) is 13.2. The maximum Gasteiger partial charge on any atom is 0.118 e. The van der Waals surface area contributed by atoms with Gasteiger partial charge in [0.1, 0.15) is 5.75 Å². The molecule has 1 aromatic carbocycles. The molecule has 0 fully saturated rings. The Morgan fingerprint density at radius 3 is 2.80 bits per heavy atom. The second-order valence-corrected chi connectivity index (χ2v) is 6.95. The van der Waals surface area contributed by atoms with E-state index in [2.05, 4.69) is 30.4 Å². The number of methoxy groups -OCH3 is 1. The molecule has 0 saturated heterocycles. The van der Waals surface area contributed by atoms with Gasteiger partial charge in [-0.25, -0.2) is 0 Å². The predicted octanol–water partition coefficient (Wildman–Crippen LogP) is 4.75. The number of hydrogen-bond donors (Lipinski definition) is 1. The quantitative estimate of drug-likeness (QED) is 0.880. The van der Waals surface area contributed by atoms with E-state index in [-0.39, 0.29) is 0 Å². The Balaban J connectivity index is 1.71. The van der Waals surface area contributed by atoms with Crippen molar-refractivity contribution in [2.24, 2.45) is 0 Å². The molecule has 2 atom stereocenters. The first kappa shape index (κ1) is 13.9. The number of fused-ring (bicyclic) bond motifs is 1. The molecule has 1 heterocycles. The normalized spacial score (nSPS) is 18.9. The second-order valence-electron chi connectivity index (χ2n) is 5.18. The molecule has 0 aliphatic heterocycles.